The highest BCUT2D eigenvalue weighted by Crippen LogP contribution is 2.38. The molecular formula is C28H33N3O4. The molecule has 1 N–H and O–H groups in total. The van der Waals surface area contributed by atoms with Crippen LogP contribution in [0, 0.1) is 11.8 Å². The maximum atomic E-state index is 13.1. The van der Waals surface area contributed by atoms with Gasteiger partial charge < -0.3 is 19.4 Å². The molecule has 3 aromatic rings. The van der Waals surface area contributed by atoms with Crippen molar-refractivity contribution >= 4 is 11.8 Å². The molecule has 0 radical (unpaired) electrons. The largest absolute Gasteiger partial charge is 0.484 e. The molecule has 0 spiro atoms. The lowest BCUT2D eigenvalue weighted by Gasteiger charge is -2.39. The molecule has 1 aromatic heterocycles. The van der Waals surface area contributed by atoms with Gasteiger partial charge in [0.15, 0.2) is 12.3 Å². The standard InChI is InChI=1S/C28H33N3O4/c1-18(2)15-29-27(32)24-16-35-25(30-24)17-34-22-11-10-20-12-13-31(28(33)19(3)4)26(23(20)14-22)21-8-6-5-7-9-21/h5-11,14,16,18-19,26H,12-13,15,17H2,1-4H3,(H,29,32). The minimum Gasteiger partial charge on any atom is -0.484 e. The summed E-state index contributed by atoms with van der Waals surface area (Å²) in [6.07, 6.45) is 2.15. The van der Waals surface area contributed by atoms with E-state index in [4.69, 9.17) is 9.15 Å². The van der Waals surface area contributed by atoms with Crippen molar-refractivity contribution in [1.29, 1.82) is 0 Å². The molecule has 0 bridgehead atoms. The topological polar surface area (TPSA) is 84.7 Å². The van der Waals surface area contributed by atoms with Gasteiger partial charge in [-0.3, -0.25) is 9.59 Å². The van der Waals surface area contributed by atoms with E-state index < -0.39 is 0 Å². The van der Waals surface area contributed by atoms with Crippen LogP contribution in [0.25, 0.3) is 0 Å². The van der Waals surface area contributed by atoms with E-state index in [2.05, 4.69) is 28.5 Å². The van der Waals surface area contributed by atoms with Crippen molar-refractivity contribution in [3.8, 4) is 5.75 Å². The molecule has 7 heteroatoms. The average Bonchev–Trinajstić information content (AvgIpc) is 3.34. The highest BCUT2D eigenvalue weighted by atomic mass is 16.5. The fourth-order valence-electron chi connectivity index (χ4n) is 4.26. The summed E-state index contributed by atoms with van der Waals surface area (Å²) in [5, 5.41) is 2.83. The van der Waals surface area contributed by atoms with Crippen LogP contribution >= 0.6 is 0 Å². The first-order valence-corrected chi connectivity index (χ1v) is 12.2. The Hall–Kier alpha value is -3.61. The van der Waals surface area contributed by atoms with Crippen molar-refractivity contribution in [1.82, 2.24) is 15.2 Å². The predicted molar refractivity (Wildman–Crippen MR) is 133 cm³/mol. The Morgan fingerprint density at radius 2 is 1.91 bits per heavy atom. The first kappa shape index (κ1) is 24.5. The van der Waals surface area contributed by atoms with Crippen LogP contribution in [0.5, 0.6) is 5.75 Å². The van der Waals surface area contributed by atoms with E-state index >= 15 is 0 Å². The number of benzene rings is 2. The fourth-order valence-corrected chi connectivity index (χ4v) is 4.26. The van der Waals surface area contributed by atoms with E-state index in [-0.39, 0.29) is 36.1 Å². The number of oxazole rings is 1. The van der Waals surface area contributed by atoms with Gasteiger partial charge in [-0.2, -0.15) is 0 Å². The summed E-state index contributed by atoms with van der Waals surface area (Å²) in [6, 6.07) is 15.9. The summed E-state index contributed by atoms with van der Waals surface area (Å²) < 4.78 is 11.4. The molecule has 184 valence electrons. The molecule has 1 aliphatic heterocycles. The molecule has 35 heavy (non-hydrogen) atoms. The van der Waals surface area contributed by atoms with Gasteiger partial charge in [0.2, 0.25) is 11.8 Å². The Bertz CT molecular complexity index is 1170. The Morgan fingerprint density at radius 3 is 2.63 bits per heavy atom. The van der Waals surface area contributed by atoms with Gasteiger partial charge in [0.1, 0.15) is 12.0 Å². The van der Waals surface area contributed by atoms with Crippen molar-refractivity contribution in [2.75, 3.05) is 13.1 Å². The maximum Gasteiger partial charge on any atom is 0.273 e. The van der Waals surface area contributed by atoms with Crippen molar-refractivity contribution in [2.24, 2.45) is 11.8 Å². The zero-order chi connectivity index (χ0) is 24.9. The molecule has 2 heterocycles. The Morgan fingerprint density at radius 1 is 1.14 bits per heavy atom. The van der Waals surface area contributed by atoms with Crippen molar-refractivity contribution < 1.29 is 18.7 Å². The smallest absolute Gasteiger partial charge is 0.273 e. The van der Waals surface area contributed by atoms with Gasteiger partial charge in [-0.1, -0.05) is 64.1 Å². The van der Waals surface area contributed by atoms with E-state index in [1.165, 1.54) is 11.8 Å². The lowest BCUT2D eigenvalue weighted by Crippen LogP contribution is -2.42. The van der Waals surface area contributed by atoms with Crippen LogP contribution in [0.1, 0.15) is 66.8 Å². The molecule has 4 rings (SSSR count). The van der Waals surface area contributed by atoms with Gasteiger partial charge >= 0.3 is 0 Å². The minimum atomic E-state index is -0.261. The van der Waals surface area contributed by atoms with Crippen LogP contribution in [0.2, 0.25) is 0 Å². The Balaban J connectivity index is 1.53. The highest BCUT2D eigenvalue weighted by Gasteiger charge is 2.33. The third-order valence-corrected chi connectivity index (χ3v) is 6.06. The Labute approximate surface area is 206 Å². The molecular weight excluding hydrogens is 442 g/mol. The summed E-state index contributed by atoms with van der Waals surface area (Å²) in [5.41, 5.74) is 3.58. The van der Waals surface area contributed by atoms with Gasteiger partial charge in [0.25, 0.3) is 5.91 Å². The van der Waals surface area contributed by atoms with Crippen LogP contribution in [-0.4, -0.2) is 34.8 Å². The number of amides is 2. The van der Waals surface area contributed by atoms with Crippen molar-refractivity contribution in [3.05, 3.63) is 83.1 Å². The first-order valence-electron chi connectivity index (χ1n) is 12.2. The van der Waals surface area contributed by atoms with Crippen molar-refractivity contribution in [3.63, 3.8) is 0 Å². The van der Waals surface area contributed by atoms with Gasteiger partial charge in [0.05, 0.1) is 6.04 Å². The minimum absolute atomic E-state index is 0.0841. The number of carbonyl (C=O) groups is 2. The number of hydrogen-bond donors (Lipinski definition) is 1. The van der Waals surface area contributed by atoms with Gasteiger partial charge in [-0.15, -0.1) is 0 Å². The summed E-state index contributed by atoms with van der Waals surface area (Å²) >= 11 is 0. The predicted octanol–water partition coefficient (Wildman–Crippen LogP) is 4.77. The third-order valence-electron chi connectivity index (χ3n) is 6.06. The molecule has 2 aromatic carbocycles. The second-order valence-electron chi connectivity index (χ2n) is 9.63. The molecule has 2 amide bonds. The first-order chi connectivity index (χ1) is 16.8. The molecule has 1 unspecified atom stereocenters. The van der Waals surface area contributed by atoms with Crippen LogP contribution in [-0.2, 0) is 17.8 Å². The molecule has 1 aliphatic rings. The highest BCUT2D eigenvalue weighted by molar-refractivity contribution is 5.91. The number of nitrogens with one attached hydrogen (secondary N) is 1. The van der Waals surface area contributed by atoms with Gasteiger partial charge in [-0.25, -0.2) is 4.98 Å². The van der Waals surface area contributed by atoms with Crippen LogP contribution in [0.4, 0.5) is 0 Å². The average molecular weight is 476 g/mol. The van der Waals surface area contributed by atoms with Crippen LogP contribution in [0.3, 0.4) is 0 Å². The molecule has 1 atom stereocenters. The van der Waals surface area contributed by atoms with E-state index in [0.29, 0.717) is 30.6 Å². The molecule has 0 fully saturated rings. The number of nitrogens with zero attached hydrogens (tertiary/aromatic N) is 2. The fraction of sp³-hybridized carbons (Fsp3) is 0.393. The summed E-state index contributed by atoms with van der Waals surface area (Å²) in [4.78, 5) is 31.5. The normalized spacial score (nSPS) is 15.3. The van der Waals surface area contributed by atoms with Gasteiger partial charge in [-0.05, 0) is 41.2 Å². The lowest BCUT2D eigenvalue weighted by molar-refractivity contribution is -0.136. The Kier molecular flexibility index (Phi) is 7.54. The molecule has 0 aliphatic carbocycles. The zero-order valence-corrected chi connectivity index (χ0v) is 20.8. The quantitative estimate of drug-likeness (QED) is 0.507. The van der Waals surface area contributed by atoms with Crippen LogP contribution < -0.4 is 10.1 Å². The number of rotatable bonds is 8. The maximum absolute atomic E-state index is 13.1. The second-order valence-corrected chi connectivity index (χ2v) is 9.63. The number of carbonyl (C=O) groups excluding carboxylic acids is 2. The number of fused-ring (bicyclic) bond motifs is 1. The van der Waals surface area contributed by atoms with Gasteiger partial charge in [0, 0.05) is 19.0 Å². The molecule has 0 saturated carbocycles. The third kappa shape index (κ3) is 5.73. The van der Waals surface area contributed by atoms with E-state index in [0.717, 1.165) is 17.5 Å². The summed E-state index contributed by atoms with van der Waals surface area (Å²) in [7, 11) is 0. The number of aromatic nitrogens is 1. The SMILES string of the molecule is CC(C)CNC(=O)c1coc(COc2ccc3c(c2)C(c2ccccc2)N(C(=O)C(C)C)CC3)n1. The number of hydrogen-bond acceptors (Lipinski definition) is 5. The van der Waals surface area contributed by atoms with E-state index in [1.54, 1.807) is 0 Å². The summed E-state index contributed by atoms with van der Waals surface area (Å²) in [6.45, 7) is 9.29. The molecule has 7 nitrogen and oxygen atoms in total. The monoisotopic (exact) mass is 475 g/mol. The number of ether oxygens (including phenoxy) is 1. The van der Waals surface area contributed by atoms with E-state index in [9.17, 15) is 9.59 Å². The van der Waals surface area contributed by atoms with Crippen LogP contribution in [0.15, 0.2) is 59.2 Å². The zero-order valence-electron chi connectivity index (χ0n) is 20.8. The second kappa shape index (κ2) is 10.8. The van der Waals surface area contributed by atoms with E-state index in [1.807, 2.05) is 62.9 Å². The lowest BCUT2D eigenvalue weighted by atomic mass is 9.87. The summed E-state index contributed by atoms with van der Waals surface area (Å²) in [5.74, 6) is 1.13. The van der Waals surface area contributed by atoms with Crippen molar-refractivity contribution in [2.45, 2.75) is 46.8 Å². The molecule has 0 saturated heterocycles.